The van der Waals surface area contributed by atoms with E-state index >= 15 is 0 Å². The molecule has 3 amide bonds. The summed E-state index contributed by atoms with van der Waals surface area (Å²) in [6, 6.07) is 4.44. The maximum absolute atomic E-state index is 11.7. The van der Waals surface area contributed by atoms with Gasteiger partial charge >= 0.3 is 6.03 Å². The molecule has 22 heavy (non-hydrogen) atoms. The fraction of sp³-hybridized carbons (Fsp3) is 0.357. The van der Waals surface area contributed by atoms with Gasteiger partial charge in [-0.15, -0.1) is 5.10 Å². The predicted molar refractivity (Wildman–Crippen MR) is 75.3 cm³/mol. The Morgan fingerprint density at radius 3 is 2.77 bits per heavy atom. The van der Waals surface area contributed by atoms with Crippen LogP contribution in [0.1, 0.15) is 30.4 Å². The van der Waals surface area contributed by atoms with E-state index in [4.69, 9.17) is 0 Å². The van der Waals surface area contributed by atoms with Crippen LogP contribution in [-0.4, -0.2) is 37.7 Å². The van der Waals surface area contributed by atoms with E-state index in [1.54, 1.807) is 10.9 Å². The van der Waals surface area contributed by atoms with Gasteiger partial charge in [0, 0.05) is 18.5 Å². The molecule has 1 atom stereocenters. The van der Waals surface area contributed by atoms with Crippen LogP contribution in [0.2, 0.25) is 0 Å². The number of hydrogen-bond donors (Lipinski definition) is 2. The molecule has 1 saturated carbocycles. The van der Waals surface area contributed by atoms with Crippen molar-refractivity contribution in [3.05, 3.63) is 36.0 Å². The van der Waals surface area contributed by atoms with E-state index < -0.39 is 12.1 Å². The second-order valence-corrected chi connectivity index (χ2v) is 5.48. The molecule has 3 heterocycles. The van der Waals surface area contributed by atoms with Gasteiger partial charge in [-0.25, -0.2) is 14.8 Å². The Morgan fingerprint density at radius 2 is 2.14 bits per heavy atom. The van der Waals surface area contributed by atoms with Crippen LogP contribution in [0.3, 0.4) is 0 Å². The van der Waals surface area contributed by atoms with Crippen molar-refractivity contribution < 1.29 is 9.59 Å². The Kier molecular flexibility index (Phi) is 2.88. The van der Waals surface area contributed by atoms with Crippen LogP contribution in [-0.2, 0) is 11.2 Å². The summed E-state index contributed by atoms with van der Waals surface area (Å²) in [6.07, 6.45) is 4.15. The first-order valence-corrected chi connectivity index (χ1v) is 7.19. The third-order valence-electron chi connectivity index (χ3n) is 3.74. The van der Waals surface area contributed by atoms with E-state index in [9.17, 15) is 9.59 Å². The molecule has 2 fully saturated rings. The van der Waals surface area contributed by atoms with Crippen LogP contribution in [0.4, 0.5) is 4.79 Å². The minimum Gasteiger partial charge on any atom is -0.326 e. The number of urea groups is 1. The third-order valence-corrected chi connectivity index (χ3v) is 3.74. The van der Waals surface area contributed by atoms with E-state index in [2.05, 4.69) is 25.7 Å². The lowest BCUT2D eigenvalue weighted by molar-refractivity contribution is -0.120. The number of nitrogens with zero attached hydrogens (tertiary/aromatic N) is 4. The maximum Gasteiger partial charge on any atom is 0.322 e. The Morgan fingerprint density at radius 1 is 1.27 bits per heavy atom. The van der Waals surface area contributed by atoms with Crippen molar-refractivity contribution in [1.82, 2.24) is 30.4 Å². The first-order chi connectivity index (χ1) is 10.7. The average molecular weight is 298 g/mol. The topological polar surface area (TPSA) is 102 Å². The van der Waals surface area contributed by atoms with Crippen LogP contribution < -0.4 is 10.6 Å². The average Bonchev–Trinajstić information content (AvgIpc) is 3.21. The van der Waals surface area contributed by atoms with Gasteiger partial charge in [-0.1, -0.05) is 6.07 Å². The number of carbonyl (C=O) groups is 2. The molecular weight excluding hydrogens is 284 g/mol. The number of imide groups is 1. The highest BCUT2D eigenvalue weighted by atomic mass is 16.2. The van der Waals surface area contributed by atoms with Crippen LogP contribution in [0, 0.1) is 0 Å². The highest BCUT2D eigenvalue weighted by Crippen LogP contribution is 2.38. The minimum absolute atomic E-state index is 0.286. The molecule has 2 aromatic heterocycles. The molecule has 1 aliphatic carbocycles. The summed E-state index contributed by atoms with van der Waals surface area (Å²) < 4.78 is 1.66. The van der Waals surface area contributed by atoms with E-state index in [1.165, 1.54) is 0 Å². The number of pyridine rings is 1. The molecule has 112 valence electrons. The minimum atomic E-state index is -0.619. The van der Waals surface area contributed by atoms with Crippen LogP contribution >= 0.6 is 0 Å². The number of hydrogen-bond acceptors (Lipinski definition) is 5. The van der Waals surface area contributed by atoms with Gasteiger partial charge in [-0.3, -0.25) is 10.1 Å². The van der Waals surface area contributed by atoms with Gasteiger partial charge < -0.3 is 5.32 Å². The van der Waals surface area contributed by atoms with Crippen molar-refractivity contribution in [1.29, 1.82) is 0 Å². The van der Waals surface area contributed by atoms with Gasteiger partial charge in [-0.2, -0.15) is 4.68 Å². The molecule has 8 nitrogen and oxygen atoms in total. The Labute approximate surface area is 126 Å². The number of amides is 3. The lowest BCUT2D eigenvalue weighted by Crippen LogP contribution is -2.32. The van der Waals surface area contributed by atoms with Gasteiger partial charge in [0.05, 0.1) is 0 Å². The quantitative estimate of drug-likeness (QED) is 0.790. The first-order valence-electron chi connectivity index (χ1n) is 7.19. The van der Waals surface area contributed by atoms with Crippen LogP contribution in [0.5, 0.6) is 0 Å². The maximum atomic E-state index is 11.7. The molecule has 8 heteroatoms. The molecule has 0 unspecified atom stereocenters. The zero-order chi connectivity index (χ0) is 15.1. The van der Waals surface area contributed by atoms with Crippen molar-refractivity contribution in [2.24, 2.45) is 0 Å². The second-order valence-electron chi connectivity index (χ2n) is 5.48. The standard InChI is InChI=1S/C14H14N6O2/c21-13-9(16-14(22)18-13)7-11-17-12(8-4-5-8)19-20(11)10-3-1-2-6-15-10/h1-3,6,8-9H,4-5,7H2,(H2,16,18,21,22)/t9-/m1/s1. The van der Waals surface area contributed by atoms with E-state index in [-0.39, 0.29) is 12.3 Å². The summed E-state index contributed by atoms with van der Waals surface area (Å²) in [4.78, 5) is 31.8. The molecule has 1 saturated heterocycles. The van der Waals surface area contributed by atoms with Crippen molar-refractivity contribution in [2.75, 3.05) is 0 Å². The summed E-state index contributed by atoms with van der Waals surface area (Å²) in [5.74, 6) is 2.12. The summed E-state index contributed by atoms with van der Waals surface area (Å²) in [6.45, 7) is 0. The second kappa shape index (κ2) is 4.90. The molecule has 2 aliphatic rings. The fourth-order valence-corrected chi connectivity index (χ4v) is 2.46. The fourth-order valence-electron chi connectivity index (χ4n) is 2.46. The smallest absolute Gasteiger partial charge is 0.322 e. The number of nitrogens with one attached hydrogen (secondary N) is 2. The Bertz CT molecular complexity index is 737. The number of carbonyl (C=O) groups excluding carboxylic acids is 2. The largest absolute Gasteiger partial charge is 0.326 e. The zero-order valence-electron chi connectivity index (χ0n) is 11.7. The SMILES string of the molecule is O=C1NC(=O)[C@@H](Cc2nc(C3CC3)nn2-c2ccccn2)N1. The highest BCUT2D eigenvalue weighted by Gasteiger charge is 2.33. The van der Waals surface area contributed by atoms with Crippen molar-refractivity contribution in [3.8, 4) is 5.82 Å². The van der Waals surface area contributed by atoms with Crippen molar-refractivity contribution in [3.63, 3.8) is 0 Å². The zero-order valence-corrected chi connectivity index (χ0v) is 11.7. The Balaban J connectivity index is 1.68. The number of aromatic nitrogens is 4. The van der Waals surface area contributed by atoms with E-state index in [0.717, 1.165) is 18.7 Å². The molecule has 2 N–H and O–H groups in total. The van der Waals surface area contributed by atoms with Gasteiger partial charge in [0.15, 0.2) is 11.6 Å². The number of rotatable bonds is 4. The van der Waals surface area contributed by atoms with Crippen LogP contribution in [0.25, 0.3) is 5.82 Å². The van der Waals surface area contributed by atoms with Crippen molar-refractivity contribution in [2.45, 2.75) is 31.2 Å². The molecule has 4 rings (SSSR count). The summed E-state index contributed by atoms with van der Waals surface area (Å²) in [7, 11) is 0. The van der Waals surface area contributed by atoms with Gasteiger partial charge in [0.2, 0.25) is 0 Å². The van der Waals surface area contributed by atoms with Crippen molar-refractivity contribution >= 4 is 11.9 Å². The van der Waals surface area contributed by atoms with Crippen LogP contribution in [0.15, 0.2) is 24.4 Å². The molecular formula is C14H14N6O2. The third kappa shape index (κ3) is 2.32. The Hall–Kier alpha value is -2.77. The molecule has 0 spiro atoms. The monoisotopic (exact) mass is 298 g/mol. The summed E-state index contributed by atoms with van der Waals surface area (Å²) in [5, 5.41) is 9.34. The molecule has 0 radical (unpaired) electrons. The molecule has 2 aromatic rings. The normalized spacial score (nSPS) is 20.8. The van der Waals surface area contributed by atoms with E-state index in [0.29, 0.717) is 17.6 Å². The van der Waals surface area contributed by atoms with Gasteiger partial charge in [-0.05, 0) is 25.0 Å². The van der Waals surface area contributed by atoms with Gasteiger partial charge in [0.1, 0.15) is 11.9 Å². The lowest BCUT2D eigenvalue weighted by atomic mass is 10.2. The van der Waals surface area contributed by atoms with Gasteiger partial charge in [0.25, 0.3) is 5.91 Å². The predicted octanol–water partition coefficient (Wildman–Crippen LogP) is 0.290. The first kappa shape index (κ1) is 12.9. The summed E-state index contributed by atoms with van der Waals surface area (Å²) in [5.41, 5.74) is 0. The highest BCUT2D eigenvalue weighted by molar-refractivity contribution is 6.04. The van der Waals surface area contributed by atoms with E-state index in [1.807, 2.05) is 18.2 Å². The molecule has 1 aliphatic heterocycles. The lowest BCUT2D eigenvalue weighted by Gasteiger charge is -2.07. The summed E-state index contributed by atoms with van der Waals surface area (Å²) >= 11 is 0. The molecule has 0 aromatic carbocycles. The molecule has 0 bridgehead atoms.